The molecule has 9 heteroatoms. The standard InChI is InChI=1S/C15H15IN2O5S/c1-17-14(21)10(18(15(17)24)7-12(19)23-3)5-8-4-9(16)13(20)11(6-8)22-2/h4-6,20H,7H2,1-3H3. The second-order valence-electron chi connectivity index (χ2n) is 4.89. The largest absolute Gasteiger partial charge is 0.504 e. The number of amides is 1. The number of likely N-dealkylation sites (N-methyl/N-ethyl adjacent to an activating group) is 1. The molecule has 24 heavy (non-hydrogen) atoms. The second-order valence-corrected chi connectivity index (χ2v) is 6.42. The topological polar surface area (TPSA) is 79.3 Å². The monoisotopic (exact) mass is 462 g/mol. The van der Waals surface area contributed by atoms with Gasteiger partial charge in [0.2, 0.25) is 0 Å². The van der Waals surface area contributed by atoms with Crippen LogP contribution in [0.15, 0.2) is 17.8 Å². The number of rotatable bonds is 4. The van der Waals surface area contributed by atoms with E-state index in [4.69, 9.17) is 17.0 Å². The lowest BCUT2D eigenvalue weighted by Gasteiger charge is -2.17. The first-order chi connectivity index (χ1) is 11.3. The van der Waals surface area contributed by atoms with Crippen molar-refractivity contribution in [2.75, 3.05) is 27.8 Å². The average Bonchev–Trinajstić information content (AvgIpc) is 2.75. The van der Waals surface area contributed by atoms with Gasteiger partial charge in [0.15, 0.2) is 16.6 Å². The van der Waals surface area contributed by atoms with Gasteiger partial charge in [-0.3, -0.25) is 14.5 Å². The van der Waals surface area contributed by atoms with Crippen LogP contribution in [0.1, 0.15) is 5.56 Å². The highest BCUT2D eigenvalue weighted by Gasteiger charge is 2.36. The fraction of sp³-hybridized carbons (Fsp3) is 0.267. The van der Waals surface area contributed by atoms with E-state index in [1.54, 1.807) is 18.2 Å². The summed E-state index contributed by atoms with van der Waals surface area (Å²) in [6.45, 7) is -0.163. The third kappa shape index (κ3) is 3.46. The number of methoxy groups -OCH3 is 2. The number of carbonyl (C=O) groups is 2. The molecule has 7 nitrogen and oxygen atoms in total. The molecule has 2 rings (SSSR count). The third-order valence-electron chi connectivity index (χ3n) is 3.42. The van der Waals surface area contributed by atoms with Crippen molar-refractivity contribution >= 4 is 57.9 Å². The van der Waals surface area contributed by atoms with Gasteiger partial charge in [0.25, 0.3) is 5.91 Å². The summed E-state index contributed by atoms with van der Waals surface area (Å²) in [6, 6.07) is 3.28. The number of halogens is 1. The van der Waals surface area contributed by atoms with Gasteiger partial charge >= 0.3 is 5.97 Å². The van der Waals surface area contributed by atoms with Crippen LogP contribution in [0, 0.1) is 3.57 Å². The van der Waals surface area contributed by atoms with Gasteiger partial charge in [0, 0.05) is 7.05 Å². The van der Waals surface area contributed by atoms with E-state index in [0.717, 1.165) is 0 Å². The van der Waals surface area contributed by atoms with Gasteiger partial charge in [-0.05, 0) is 58.6 Å². The predicted molar refractivity (Wildman–Crippen MR) is 99.4 cm³/mol. The minimum absolute atomic E-state index is 0.0251. The molecule has 1 aliphatic rings. The van der Waals surface area contributed by atoms with Crippen molar-refractivity contribution in [3.63, 3.8) is 0 Å². The summed E-state index contributed by atoms with van der Waals surface area (Å²) in [5.74, 6) is -0.526. The van der Waals surface area contributed by atoms with E-state index in [1.807, 2.05) is 22.6 Å². The number of hydrogen-bond acceptors (Lipinski definition) is 6. The van der Waals surface area contributed by atoms with Crippen molar-refractivity contribution in [1.82, 2.24) is 9.80 Å². The molecule has 1 N–H and O–H groups in total. The molecule has 128 valence electrons. The van der Waals surface area contributed by atoms with Crippen LogP contribution in [0.2, 0.25) is 0 Å². The lowest BCUT2D eigenvalue weighted by molar-refractivity contribution is -0.140. The molecule has 0 aliphatic carbocycles. The van der Waals surface area contributed by atoms with Gasteiger partial charge in [-0.2, -0.15) is 0 Å². The molecular formula is C15H15IN2O5S. The summed E-state index contributed by atoms with van der Waals surface area (Å²) in [6.07, 6.45) is 1.59. The molecule has 0 radical (unpaired) electrons. The smallest absolute Gasteiger partial charge is 0.325 e. The molecule has 1 fully saturated rings. The van der Waals surface area contributed by atoms with Crippen molar-refractivity contribution in [2.45, 2.75) is 0 Å². The minimum atomic E-state index is -0.510. The Morgan fingerprint density at radius 1 is 1.42 bits per heavy atom. The summed E-state index contributed by atoms with van der Waals surface area (Å²) in [4.78, 5) is 26.7. The predicted octanol–water partition coefficient (Wildman–Crippen LogP) is 1.58. The quantitative estimate of drug-likeness (QED) is 0.315. The van der Waals surface area contributed by atoms with Gasteiger partial charge in [0.1, 0.15) is 12.2 Å². The fourth-order valence-corrected chi connectivity index (χ4v) is 3.01. The Kier molecular flexibility index (Phi) is 5.65. The first-order valence-corrected chi connectivity index (χ1v) is 8.23. The number of phenolic OH excluding ortho intramolecular Hbond substituents is 1. The van der Waals surface area contributed by atoms with E-state index in [2.05, 4.69) is 4.74 Å². The van der Waals surface area contributed by atoms with E-state index in [9.17, 15) is 14.7 Å². The van der Waals surface area contributed by atoms with Crippen molar-refractivity contribution in [1.29, 1.82) is 0 Å². The SMILES string of the molecule is COC(=O)CN1C(=S)N(C)C(=O)C1=Cc1cc(I)c(O)c(OC)c1. The van der Waals surface area contributed by atoms with Crippen LogP contribution in [-0.4, -0.2) is 59.7 Å². The normalized spacial score (nSPS) is 16.1. The van der Waals surface area contributed by atoms with Crippen molar-refractivity contribution in [3.8, 4) is 11.5 Å². The van der Waals surface area contributed by atoms with Gasteiger partial charge < -0.3 is 19.5 Å². The molecule has 1 aromatic rings. The molecule has 0 unspecified atom stereocenters. The maximum atomic E-state index is 12.4. The zero-order chi connectivity index (χ0) is 18.0. The third-order valence-corrected chi connectivity index (χ3v) is 4.74. The molecule has 0 bridgehead atoms. The molecule has 0 aromatic heterocycles. The Balaban J connectivity index is 2.48. The number of aromatic hydroxyl groups is 1. The Hall–Kier alpha value is -1.88. The number of carbonyl (C=O) groups excluding carboxylic acids is 2. The van der Waals surface area contributed by atoms with Gasteiger partial charge in [-0.25, -0.2) is 0 Å². The Morgan fingerprint density at radius 2 is 2.08 bits per heavy atom. The Labute approximate surface area is 158 Å². The highest BCUT2D eigenvalue weighted by atomic mass is 127. The number of ether oxygens (including phenoxy) is 2. The highest BCUT2D eigenvalue weighted by molar-refractivity contribution is 14.1. The zero-order valence-corrected chi connectivity index (χ0v) is 16.2. The average molecular weight is 462 g/mol. The second kappa shape index (κ2) is 7.34. The van der Waals surface area contributed by atoms with Crippen LogP contribution in [0.4, 0.5) is 0 Å². The molecule has 1 heterocycles. The fourth-order valence-electron chi connectivity index (χ4n) is 2.13. The number of thiocarbonyl (C=S) groups is 1. The minimum Gasteiger partial charge on any atom is -0.504 e. The number of hydrogen-bond donors (Lipinski definition) is 1. The highest BCUT2D eigenvalue weighted by Crippen LogP contribution is 2.34. The molecule has 0 atom stereocenters. The van der Waals surface area contributed by atoms with Gasteiger partial charge in [0.05, 0.1) is 17.8 Å². The summed E-state index contributed by atoms with van der Waals surface area (Å²) in [5.41, 5.74) is 0.877. The molecule has 1 amide bonds. The lowest BCUT2D eigenvalue weighted by Crippen LogP contribution is -2.33. The van der Waals surface area contributed by atoms with Crippen LogP contribution in [0.5, 0.6) is 11.5 Å². The number of esters is 1. The molecule has 1 aromatic carbocycles. The van der Waals surface area contributed by atoms with E-state index >= 15 is 0 Å². The molecular weight excluding hydrogens is 447 g/mol. The summed E-state index contributed by atoms with van der Waals surface area (Å²) in [7, 11) is 4.25. The van der Waals surface area contributed by atoms with E-state index in [1.165, 1.54) is 31.1 Å². The van der Waals surface area contributed by atoms with E-state index < -0.39 is 5.97 Å². The first-order valence-electron chi connectivity index (χ1n) is 6.74. The zero-order valence-electron chi connectivity index (χ0n) is 13.2. The summed E-state index contributed by atoms with van der Waals surface area (Å²) >= 11 is 7.17. The maximum absolute atomic E-state index is 12.4. The first kappa shape index (κ1) is 18.5. The molecule has 1 aliphatic heterocycles. The Bertz CT molecular complexity index is 750. The van der Waals surface area contributed by atoms with Crippen LogP contribution in [-0.2, 0) is 14.3 Å². The number of benzene rings is 1. The van der Waals surface area contributed by atoms with E-state index in [0.29, 0.717) is 9.13 Å². The van der Waals surface area contributed by atoms with Crippen LogP contribution in [0.25, 0.3) is 6.08 Å². The lowest BCUT2D eigenvalue weighted by atomic mass is 10.1. The van der Waals surface area contributed by atoms with Gasteiger partial charge in [-0.15, -0.1) is 0 Å². The van der Waals surface area contributed by atoms with Crippen LogP contribution in [0.3, 0.4) is 0 Å². The Morgan fingerprint density at radius 3 is 2.67 bits per heavy atom. The van der Waals surface area contributed by atoms with E-state index in [-0.39, 0.29) is 34.8 Å². The van der Waals surface area contributed by atoms with Crippen LogP contribution >= 0.6 is 34.8 Å². The molecule has 0 saturated carbocycles. The van der Waals surface area contributed by atoms with Crippen molar-refractivity contribution < 1.29 is 24.2 Å². The number of nitrogens with zero attached hydrogens (tertiary/aromatic N) is 2. The molecule has 1 saturated heterocycles. The number of phenols is 1. The summed E-state index contributed by atoms with van der Waals surface area (Å²) < 4.78 is 10.3. The summed E-state index contributed by atoms with van der Waals surface area (Å²) in [5, 5.41) is 10.1. The molecule has 0 spiro atoms. The van der Waals surface area contributed by atoms with Gasteiger partial charge in [-0.1, -0.05) is 0 Å². The van der Waals surface area contributed by atoms with Crippen molar-refractivity contribution in [2.24, 2.45) is 0 Å². The van der Waals surface area contributed by atoms with Crippen LogP contribution < -0.4 is 4.74 Å². The maximum Gasteiger partial charge on any atom is 0.325 e. The van der Waals surface area contributed by atoms with Crippen molar-refractivity contribution in [3.05, 3.63) is 27.0 Å².